The number of piperidine rings is 1. The van der Waals surface area contributed by atoms with E-state index in [4.69, 9.17) is 31.0 Å². The first kappa shape index (κ1) is 25.4. The van der Waals surface area contributed by atoms with Crippen LogP contribution in [0.4, 0.5) is 0 Å². The van der Waals surface area contributed by atoms with E-state index in [9.17, 15) is 9.00 Å². The third kappa shape index (κ3) is 5.83. The van der Waals surface area contributed by atoms with Crippen molar-refractivity contribution in [3.63, 3.8) is 0 Å². The Morgan fingerprint density at radius 3 is 2.56 bits per heavy atom. The Labute approximate surface area is 198 Å². The molecule has 9 heteroatoms. The maximum absolute atomic E-state index is 12.9. The molecule has 2 saturated heterocycles. The van der Waals surface area contributed by atoms with Gasteiger partial charge in [0.1, 0.15) is 5.75 Å². The summed E-state index contributed by atoms with van der Waals surface area (Å²) in [5.74, 6) is 0.334. The van der Waals surface area contributed by atoms with Gasteiger partial charge in [0.05, 0.1) is 29.4 Å². The number of methoxy groups -OCH3 is 1. The Hall–Kier alpha value is -1.19. The second kappa shape index (κ2) is 9.97. The molecule has 2 N–H and O–H groups in total. The van der Waals surface area contributed by atoms with Crippen LogP contribution in [-0.2, 0) is 25.3 Å². The maximum Gasteiger partial charge on any atom is 0.254 e. The molecular weight excluding hydrogens is 452 g/mol. The van der Waals surface area contributed by atoms with E-state index in [0.717, 1.165) is 24.2 Å². The Balaban J connectivity index is 1.78. The van der Waals surface area contributed by atoms with E-state index in [2.05, 4.69) is 0 Å². The molecule has 0 aliphatic carbocycles. The molecule has 0 bridgehead atoms. The Morgan fingerprint density at radius 1 is 1.38 bits per heavy atom. The van der Waals surface area contributed by atoms with Crippen molar-refractivity contribution in [3.8, 4) is 5.75 Å². The van der Waals surface area contributed by atoms with Gasteiger partial charge in [0.25, 0.3) is 5.91 Å². The lowest BCUT2D eigenvalue weighted by Crippen LogP contribution is -2.46. The zero-order chi connectivity index (χ0) is 23.7. The van der Waals surface area contributed by atoms with Crippen molar-refractivity contribution in [2.75, 3.05) is 26.8 Å². The summed E-state index contributed by atoms with van der Waals surface area (Å²) in [6.07, 6.45) is 1.70. The number of likely N-dealkylation sites (tertiary alicyclic amines) is 1. The number of nitrogens with zero attached hydrogens (tertiary/aromatic N) is 1. The van der Waals surface area contributed by atoms with Gasteiger partial charge in [0, 0.05) is 18.1 Å². The number of nitrogens with two attached hydrogens (primary N) is 1. The number of ether oxygens (including phenoxy) is 3. The fraction of sp³-hybridized carbons (Fsp3) is 0.696. The minimum Gasteiger partial charge on any atom is -0.496 e. The van der Waals surface area contributed by atoms with Gasteiger partial charge < -0.3 is 19.1 Å². The molecule has 0 saturated carbocycles. The molecule has 0 spiro atoms. The van der Waals surface area contributed by atoms with Crippen LogP contribution in [0.25, 0.3) is 0 Å². The Bertz CT molecular complexity index is 855. The van der Waals surface area contributed by atoms with Gasteiger partial charge in [-0.15, -0.1) is 0 Å². The average molecular weight is 487 g/mol. The monoisotopic (exact) mass is 486 g/mol. The number of amides is 1. The predicted molar refractivity (Wildman–Crippen MR) is 126 cm³/mol. The van der Waals surface area contributed by atoms with Crippen molar-refractivity contribution in [1.82, 2.24) is 4.90 Å². The number of carbonyl (C=O) groups is 1. The maximum atomic E-state index is 12.9. The van der Waals surface area contributed by atoms with Gasteiger partial charge in [-0.3, -0.25) is 9.93 Å². The van der Waals surface area contributed by atoms with Crippen LogP contribution in [0, 0.1) is 5.92 Å². The molecular formula is C23H35ClN2O5S. The van der Waals surface area contributed by atoms with E-state index in [-0.39, 0.29) is 24.3 Å². The largest absolute Gasteiger partial charge is 0.496 e. The van der Waals surface area contributed by atoms with Crippen LogP contribution in [0.5, 0.6) is 5.75 Å². The lowest BCUT2D eigenvalue weighted by Gasteiger charge is -2.39. The van der Waals surface area contributed by atoms with Crippen LogP contribution in [0.2, 0.25) is 5.02 Å². The molecule has 3 atom stereocenters. The first-order chi connectivity index (χ1) is 14.9. The normalized spacial score (nSPS) is 23.7. The van der Waals surface area contributed by atoms with E-state index >= 15 is 0 Å². The summed E-state index contributed by atoms with van der Waals surface area (Å²) in [5, 5.41) is 6.45. The average Bonchev–Trinajstić information content (AvgIpc) is 3.11. The van der Waals surface area contributed by atoms with Crippen molar-refractivity contribution < 1.29 is 23.2 Å². The summed E-state index contributed by atoms with van der Waals surface area (Å²) < 4.78 is 28.6. The zero-order valence-electron chi connectivity index (χ0n) is 19.6. The highest BCUT2D eigenvalue weighted by Crippen LogP contribution is 2.43. The summed E-state index contributed by atoms with van der Waals surface area (Å²) in [6, 6.07) is 5.61. The summed E-state index contributed by atoms with van der Waals surface area (Å²) >= 11 is 6.33. The molecule has 2 aliphatic rings. The summed E-state index contributed by atoms with van der Waals surface area (Å²) in [6.45, 7) is 9.03. The van der Waals surface area contributed by atoms with E-state index < -0.39 is 27.6 Å². The number of rotatable bonds is 7. The quantitative estimate of drug-likeness (QED) is 0.635. The van der Waals surface area contributed by atoms with E-state index in [1.54, 1.807) is 13.2 Å². The van der Waals surface area contributed by atoms with Gasteiger partial charge >= 0.3 is 0 Å². The van der Waals surface area contributed by atoms with E-state index in [1.807, 2.05) is 44.7 Å². The van der Waals surface area contributed by atoms with Crippen molar-refractivity contribution in [1.29, 1.82) is 0 Å². The molecule has 2 fully saturated rings. The highest BCUT2D eigenvalue weighted by atomic mass is 35.5. The molecule has 7 nitrogen and oxygen atoms in total. The molecule has 180 valence electrons. The second-order valence-electron chi connectivity index (χ2n) is 9.73. The van der Waals surface area contributed by atoms with Gasteiger partial charge in [-0.05, 0) is 82.6 Å². The number of benzene rings is 1. The van der Waals surface area contributed by atoms with Crippen LogP contribution in [0.15, 0.2) is 18.2 Å². The fourth-order valence-corrected chi connectivity index (χ4v) is 5.20. The first-order valence-electron chi connectivity index (χ1n) is 11.0. The number of halogens is 1. The molecule has 3 rings (SSSR count). The Morgan fingerprint density at radius 2 is 2.03 bits per heavy atom. The van der Waals surface area contributed by atoms with Crippen LogP contribution < -0.4 is 9.88 Å². The lowest BCUT2D eigenvalue weighted by atomic mass is 9.75. The van der Waals surface area contributed by atoms with Crippen molar-refractivity contribution in [2.45, 2.75) is 69.5 Å². The minimum absolute atomic E-state index is 0.0192. The van der Waals surface area contributed by atoms with Gasteiger partial charge in [-0.1, -0.05) is 11.6 Å². The molecule has 32 heavy (non-hydrogen) atoms. The third-order valence-electron chi connectivity index (χ3n) is 6.55. The molecule has 1 amide bonds. The smallest absolute Gasteiger partial charge is 0.254 e. The molecule has 0 radical (unpaired) electrons. The summed E-state index contributed by atoms with van der Waals surface area (Å²) in [4.78, 5) is 14.8. The van der Waals surface area contributed by atoms with Gasteiger partial charge in [0.2, 0.25) is 0 Å². The predicted octanol–water partition coefficient (Wildman–Crippen LogP) is 3.61. The standard InChI is InChI=1S/C23H35ClN2O5S/c1-22(2,32(25)28)13-18(17-12-16(24)6-7-19(17)29-5)15-8-10-26(11-9-15)21(27)20-14-30-23(3,4)31-20/h6-7,12,15,18,20H,8-11,13-14,25H2,1-5H3/t18-,20-,32?/m1/s1. The summed E-state index contributed by atoms with van der Waals surface area (Å²) in [5.41, 5.74) is 0.998. The van der Waals surface area contributed by atoms with E-state index in [0.29, 0.717) is 24.5 Å². The van der Waals surface area contributed by atoms with E-state index in [1.165, 1.54) is 0 Å². The van der Waals surface area contributed by atoms with Crippen LogP contribution >= 0.6 is 11.6 Å². The number of hydrogen-bond donors (Lipinski definition) is 1. The molecule has 1 aromatic rings. The first-order valence-corrected chi connectivity index (χ1v) is 12.6. The fourth-order valence-electron chi connectivity index (χ4n) is 4.67. The Kier molecular flexibility index (Phi) is 7.93. The minimum atomic E-state index is -1.48. The molecule has 2 heterocycles. The van der Waals surface area contributed by atoms with Crippen molar-refractivity contribution in [3.05, 3.63) is 28.8 Å². The third-order valence-corrected chi connectivity index (χ3v) is 8.04. The van der Waals surface area contributed by atoms with Crippen LogP contribution in [0.3, 0.4) is 0 Å². The molecule has 1 aromatic carbocycles. The van der Waals surface area contributed by atoms with Crippen LogP contribution in [0.1, 0.15) is 58.4 Å². The second-order valence-corrected chi connectivity index (χ2v) is 11.9. The summed E-state index contributed by atoms with van der Waals surface area (Å²) in [7, 11) is 0.160. The van der Waals surface area contributed by atoms with Gasteiger partial charge in [0.15, 0.2) is 11.9 Å². The van der Waals surface area contributed by atoms with Crippen molar-refractivity contribution >= 4 is 28.5 Å². The highest BCUT2D eigenvalue weighted by Gasteiger charge is 2.41. The molecule has 1 unspecified atom stereocenters. The molecule has 2 aliphatic heterocycles. The number of hydrogen-bond acceptors (Lipinski definition) is 5. The lowest BCUT2D eigenvalue weighted by molar-refractivity contribution is -0.161. The van der Waals surface area contributed by atoms with Gasteiger partial charge in [-0.25, -0.2) is 4.21 Å². The SMILES string of the molecule is COc1ccc(Cl)cc1[C@H](CC(C)(C)S(N)=O)C1CCN(C(=O)[C@H]2COC(C)(C)O2)CC1. The zero-order valence-corrected chi connectivity index (χ0v) is 21.1. The van der Waals surface area contributed by atoms with Crippen molar-refractivity contribution in [2.24, 2.45) is 11.1 Å². The molecule has 0 aromatic heterocycles. The highest BCUT2D eigenvalue weighted by molar-refractivity contribution is 7.84. The van der Waals surface area contributed by atoms with Gasteiger partial charge in [-0.2, -0.15) is 0 Å². The number of carbonyl (C=O) groups excluding carboxylic acids is 1. The topological polar surface area (TPSA) is 91.1 Å². The van der Waals surface area contributed by atoms with Crippen LogP contribution in [-0.4, -0.2) is 58.5 Å².